The molecule has 112 valence electrons. The van der Waals surface area contributed by atoms with Gasteiger partial charge >= 0.3 is 5.63 Å². The maximum atomic E-state index is 12.2. The second-order valence-electron chi connectivity index (χ2n) is 4.86. The Morgan fingerprint density at radius 1 is 1.05 bits per heavy atom. The highest BCUT2D eigenvalue weighted by molar-refractivity contribution is 5.81. The van der Waals surface area contributed by atoms with Crippen LogP contribution in [-0.4, -0.2) is 19.2 Å². The summed E-state index contributed by atoms with van der Waals surface area (Å²) in [4.78, 5) is 16.7. The minimum atomic E-state index is -0.434. The number of fused-ring (bicyclic) bond motifs is 1. The molecule has 2 aromatic carbocycles. The van der Waals surface area contributed by atoms with Gasteiger partial charge in [-0.2, -0.15) is 0 Å². The molecule has 0 saturated carbocycles. The third-order valence-corrected chi connectivity index (χ3v) is 3.43. The zero-order chi connectivity index (χ0) is 15.7. The number of nitrogens with zero attached hydrogens (tertiary/aromatic N) is 1. The molecular formula is C17H15NO4. The van der Waals surface area contributed by atoms with Crippen molar-refractivity contribution in [2.75, 3.05) is 14.2 Å². The van der Waals surface area contributed by atoms with Crippen LogP contribution in [0.4, 0.5) is 0 Å². The second kappa shape index (κ2) is 5.52. The lowest BCUT2D eigenvalue weighted by Crippen LogP contribution is -2.04. The summed E-state index contributed by atoms with van der Waals surface area (Å²) in [6, 6.07) is 10.8. The summed E-state index contributed by atoms with van der Waals surface area (Å²) in [5.74, 6) is 1.23. The first-order valence-electron chi connectivity index (χ1n) is 6.77. The van der Waals surface area contributed by atoms with Crippen molar-refractivity contribution in [1.82, 2.24) is 4.98 Å². The molecule has 22 heavy (non-hydrogen) atoms. The molecule has 0 aliphatic rings. The normalized spacial score (nSPS) is 10.7. The number of hydrogen-bond acceptors (Lipinski definition) is 5. The van der Waals surface area contributed by atoms with Crippen LogP contribution in [0.1, 0.15) is 5.56 Å². The minimum Gasteiger partial charge on any atom is -0.496 e. The lowest BCUT2D eigenvalue weighted by atomic mass is 10.1. The van der Waals surface area contributed by atoms with Gasteiger partial charge in [0.15, 0.2) is 0 Å². The summed E-state index contributed by atoms with van der Waals surface area (Å²) >= 11 is 0. The average Bonchev–Trinajstić information content (AvgIpc) is 2.54. The molecule has 0 N–H and O–H groups in total. The Morgan fingerprint density at radius 2 is 1.73 bits per heavy atom. The molecule has 5 nitrogen and oxygen atoms in total. The summed E-state index contributed by atoms with van der Waals surface area (Å²) in [5, 5.41) is 0.456. The van der Waals surface area contributed by atoms with Gasteiger partial charge in [0.2, 0.25) is 5.89 Å². The van der Waals surface area contributed by atoms with E-state index in [9.17, 15) is 4.79 Å². The molecule has 0 saturated heterocycles. The summed E-state index contributed by atoms with van der Waals surface area (Å²) in [6.07, 6.45) is 0. The summed E-state index contributed by atoms with van der Waals surface area (Å²) in [5.41, 5.74) is 1.64. The van der Waals surface area contributed by atoms with Crippen molar-refractivity contribution in [3.8, 4) is 23.0 Å². The Hall–Kier alpha value is -2.82. The Labute approximate surface area is 127 Å². The lowest BCUT2D eigenvalue weighted by molar-refractivity contribution is 0.392. The van der Waals surface area contributed by atoms with Gasteiger partial charge in [-0.3, -0.25) is 0 Å². The molecule has 0 unspecified atom stereocenters. The van der Waals surface area contributed by atoms with Gasteiger partial charge in [-0.05, 0) is 31.2 Å². The number of benzene rings is 2. The van der Waals surface area contributed by atoms with E-state index in [-0.39, 0.29) is 5.89 Å². The van der Waals surface area contributed by atoms with Gasteiger partial charge in [0.25, 0.3) is 0 Å². The van der Waals surface area contributed by atoms with Crippen LogP contribution in [0.5, 0.6) is 11.5 Å². The molecule has 0 amide bonds. The number of aromatic nitrogens is 1. The predicted molar refractivity (Wildman–Crippen MR) is 83.6 cm³/mol. The van der Waals surface area contributed by atoms with E-state index < -0.39 is 5.63 Å². The van der Waals surface area contributed by atoms with E-state index in [0.717, 1.165) is 5.56 Å². The van der Waals surface area contributed by atoms with E-state index >= 15 is 0 Å². The maximum absolute atomic E-state index is 12.2. The van der Waals surface area contributed by atoms with Crippen molar-refractivity contribution in [2.45, 2.75) is 6.92 Å². The fourth-order valence-corrected chi connectivity index (χ4v) is 2.35. The first kappa shape index (κ1) is 14.1. The number of ether oxygens (including phenoxy) is 2. The maximum Gasteiger partial charge on any atom is 0.347 e. The fourth-order valence-electron chi connectivity index (χ4n) is 2.35. The Kier molecular flexibility index (Phi) is 3.55. The Balaban J connectivity index is 2.32. The highest BCUT2D eigenvalue weighted by Gasteiger charge is 2.18. The van der Waals surface area contributed by atoms with Gasteiger partial charge in [-0.15, -0.1) is 0 Å². The van der Waals surface area contributed by atoms with Crippen molar-refractivity contribution in [1.29, 1.82) is 0 Å². The third kappa shape index (κ3) is 2.30. The van der Waals surface area contributed by atoms with Gasteiger partial charge in [0, 0.05) is 0 Å². The third-order valence-electron chi connectivity index (χ3n) is 3.43. The van der Waals surface area contributed by atoms with Crippen LogP contribution >= 0.6 is 0 Å². The van der Waals surface area contributed by atoms with Gasteiger partial charge in [-0.25, -0.2) is 9.78 Å². The molecule has 3 aromatic rings. The highest BCUT2D eigenvalue weighted by atomic mass is 16.5. The SMILES string of the molecule is COc1cccc(OC)c1-c1nc2ccc(C)cc2c(=O)o1. The van der Waals surface area contributed by atoms with Crippen LogP contribution in [0.25, 0.3) is 22.4 Å². The smallest absolute Gasteiger partial charge is 0.347 e. The summed E-state index contributed by atoms with van der Waals surface area (Å²) < 4.78 is 16.1. The quantitative estimate of drug-likeness (QED) is 0.743. The minimum absolute atomic E-state index is 0.177. The molecule has 3 rings (SSSR count). The number of hydrogen-bond donors (Lipinski definition) is 0. The Morgan fingerprint density at radius 3 is 2.36 bits per heavy atom. The summed E-state index contributed by atoms with van der Waals surface area (Å²) in [7, 11) is 3.08. The molecule has 5 heteroatoms. The van der Waals surface area contributed by atoms with Gasteiger partial charge in [0.1, 0.15) is 17.1 Å². The molecule has 0 aliphatic carbocycles. The summed E-state index contributed by atoms with van der Waals surface area (Å²) in [6.45, 7) is 1.91. The molecular weight excluding hydrogens is 282 g/mol. The number of rotatable bonds is 3. The topological polar surface area (TPSA) is 61.6 Å². The van der Waals surface area contributed by atoms with Crippen molar-refractivity contribution >= 4 is 10.9 Å². The van der Waals surface area contributed by atoms with E-state index in [1.807, 2.05) is 13.0 Å². The van der Waals surface area contributed by atoms with Gasteiger partial charge < -0.3 is 13.9 Å². The predicted octanol–water partition coefficient (Wildman–Crippen LogP) is 3.18. The molecule has 1 aromatic heterocycles. The number of methoxy groups -OCH3 is 2. The largest absolute Gasteiger partial charge is 0.496 e. The molecule has 0 fully saturated rings. The zero-order valence-electron chi connectivity index (χ0n) is 12.5. The van der Waals surface area contributed by atoms with E-state index in [1.54, 1.807) is 44.6 Å². The first-order valence-corrected chi connectivity index (χ1v) is 6.77. The van der Waals surface area contributed by atoms with Crippen LogP contribution in [0.2, 0.25) is 0 Å². The van der Waals surface area contributed by atoms with Crippen molar-refractivity contribution in [3.63, 3.8) is 0 Å². The van der Waals surface area contributed by atoms with Crippen LogP contribution in [0.15, 0.2) is 45.6 Å². The first-order chi connectivity index (χ1) is 10.6. The van der Waals surface area contributed by atoms with E-state index in [4.69, 9.17) is 13.9 Å². The van der Waals surface area contributed by atoms with Gasteiger partial charge in [-0.1, -0.05) is 17.7 Å². The standard InChI is InChI=1S/C17H15NO4/c1-10-7-8-12-11(9-10)17(19)22-16(18-12)15-13(20-2)5-4-6-14(15)21-3/h4-9H,1-3H3. The fraction of sp³-hybridized carbons (Fsp3) is 0.176. The highest BCUT2D eigenvalue weighted by Crippen LogP contribution is 2.37. The van der Waals surface area contributed by atoms with Crippen molar-refractivity contribution in [2.24, 2.45) is 0 Å². The van der Waals surface area contributed by atoms with Crippen molar-refractivity contribution in [3.05, 3.63) is 52.4 Å². The second-order valence-corrected chi connectivity index (χ2v) is 4.86. The van der Waals surface area contributed by atoms with E-state index in [0.29, 0.717) is 28.0 Å². The monoisotopic (exact) mass is 297 g/mol. The van der Waals surface area contributed by atoms with Gasteiger partial charge in [0.05, 0.1) is 25.1 Å². The molecule has 0 radical (unpaired) electrons. The molecule has 0 atom stereocenters. The number of aryl methyl sites for hydroxylation is 1. The van der Waals surface area contributed by atoms with Crippen LogP contribution in [0.3, 0.4) is 0 Å². The van der Waals surface area contributed by atoms with E-state index in [1.165, 1.54) is 0 Å². The Bertz CT molecular complexity index is 877. The molecule has 0 spiro atoms. The van der Waals surface area contributed by atoms with Crippen molar-refractivity contribution < 1.29 is 13.9 Å². The lowest BCUT2D eigenvalue weighted by Gasteiger charge is -2.11. The molecule has 0 aliphatic heterocycles. The van der Waals surface area contributed by atoms with Crippen LogP contribution < -0.4 is 15.1 Å². The van der Waals surface area contributed by atoms with E-state index in [2.05, 4.69) is 4.98 Å². The van der Waals surface area contributed by atoms with Crippen LogP contribution in [-0.2, 0) is 0 Å². The average molecular weight is 297 g/mol. The van der Waals surface area contributed by atoms with Crippen LogP contribution in [0, 0.1) is 6.92 Å². The zero-order valence-corrected chi connectivity index (χ0v) is 12.5. The molecule has 0 bridgehead atoms. The molecule has 1 heterocycles.